The fourth-order valence-electron chi connectivity index (χ4n) is 1.64. The van der Waals surface area contributed by atoms with Gasteiger partial charge >= 0.3 is 11.9 Å². The van der Waals surface area contributed by atoms with Crippen molar-refractivity contribution in [3.8, 4) is 0 Å². The highest BCUT2D eigenvalue weighted by Gasteiger charge is 2.37. The first-order chi connectivity index (χ1) is 8.14. The molecule has 6 heteroatoms. The fraction of sp³-hybridized carbons (Fsp3) is 0.833. The molecule has 0 amide bonds. The Hall–Kier alpha value is -1.20. The summed E-state index contributed by atoms with van der Waals surface area (Å²) in [6, 6.07) is 0. The van der Waals surface area contributed by atoms with Crippen LogP contribution in [0.15, 0.2) is 0 Å². The minimum Gasteiger partial charge on any atom is -0.481 e. The molecule has 0 spiro atoms. The minimum atomic E-state index is -2.62. The molecule has 1 fully saturated rings. The Kier molecular flexibility index (Phi) is 6.80. The van der Waals surface area contributed by atoms with Crippen molar-refractivity contribution in [3.05, 3.63) is 0 Å². The summed E-state index contributed by atoms with van der Waals surface area (Å²) in [5.74, 6) is -4.55. The molecule has 0 unspecified atom stereocenters. The maximum atomic E-state index is 12.4. The molecule has 0 saturated heterocycles. The number of rotatable bonds is 3. The molecule has 0 heterocycles. The Labute approximate surface area is 105 Å². The zero-order valence-electron chi connectivity index (χ0n) is 10.7. The van der Waals surface area contributed by atoms with Gasteiger partial charge in [0.25, 0.3) is 0 Å². The van der Waals surface area contributed by atoms with Crippen molar-refractivity contribution in [1.29, 1.82) is 0 Å². The van der Waals surface area contributed by atoms with Crippen LogP contribution in [-0.2, 0) is 9.59 Å². The van der Waals surface area contributed by atoms with Gasteiger partial charge in [-0.3, -0.25) is 9.59 Å². The Morgan fingerprint density at radius 3 is 1.89 bits per heavy atom. The summed E-state index contributed by atoms with van der Waals surface area (Å²) < 4.78 is 24.9. The standard InChI is InChI=1S/C7H10F2O2.C5H10O2/c8-7(9)3-1-5(2-4-7)6(10)11;1-4(2)3-5(6)7/h5H,1-4H2,(H,10,11);4H,3H2,1-2H3,(H,6,7). The molecule has 0 aliphatic heterocycles. The van der Waals surface area contributed by atoms with E-state index in [-0.39, 0.29) is 38.0 Å². The molecule has 0 atom stereocenters. The molecule has 0 aromatic carbocycles. The van der Waals surface area contributed by atoms with Crippen LogP contribution >= 0.6 is 0 Å². The van der Waals surface area contributed by atoms with Gasteiger partial charge in [-0.1, -0.05) is 13.8 Å². The van der Waals surface area contributed by atoms with E-state index in [9.17, 15) is 18.4 Å². The molecule has 106 valence electrons. The van der Waals surface area contributed by atoms with Gasteiger partial charge in [0.1, 0.15) is 0 Å². The number of aliphatic carboxylic acids is 2. The van der Waals surface area contributed by atoms with E-state index in [1.54, 1.807) is 0 Å². The molecule has 1 aliphatic rings. The Morgan fingerprint density at radius 1 is 1.22 bits per heavy atom. The van der Waals surface area contributed by atoms with Gasteiger partial charge in [-0.25, -0.2) is 8.78 Å². The average Bonchev–Trinajstić information content (AvgIpc) is 2.15. The zero-order chi connectivity index (χ0) is 14.3. The van der Waals surface area contributed by atoms with Crippen LogP contribution in [0.1, 0.15) is 46.0 Å². The molecule has 0 aromatic rings. The predicted molar refractivity (Wildman–Crippen MR) is 61.6 cm³/mol. The van der Waals surface area contributed by atoms with Crippen LogP contribution in [0.3, 0.4) is 0 Å². The highest BCUT2D eigenvalue weighted by Crippen LogP contribution is 2.35. The lowest BCUT2D eigenvalue weighted by Gasteiger charge is -2.25. The lowest BCUT2D eigenvalue weighted by atomic mass is 9.87. The van der Waals surface area contributed by atoms with Gasteiger partial charge in [0.15, 0.2) is 0 Å². The van der Waals surface area contributed by atoms with Crippen molar-refractivity contribution < 1.29 is 28.6 Å². The van der Waals surface area contributed by atoms with Gasteiger partial charge in [0, 0.05) is 19.3 Å². The number of hydrogen-bond donors (Lipinski definition) is 2. The van der Waals surface area contributed by atoms with Crippen molar-refractivity contribution in [2.75, 3.05) is 0 Å². The average molecular weight is 266 g/mol. The molecular weight excluding hydrogens is 246 g/mol. The van der Waals surface area contributed by atoms with E-state index in [4.69, 9.17) is 10.2 Å². The van der Waals surface area contributed by atoms with Crippen LogP contribution in [-0.4, -0.2) is 28.1 Å². The van der Waals surface area contributed by atoms with E-state index in [2.05, 4.69) is 0 Å². The molecule has 0 bridgehead atoms. The number of carboxylic acids is 2. The van der Waals surface area contributed by atoms with Crippen LogP contribution in [0.5, 0.6) is 0 Å². The number of halogens is 2. The van der Waals surface area contributed by atoms with Crippen LogP contribution in [0.25, 0.3) is 0 Å². The van der Waals surface area contributed by atoms with Crippen molar-refractivity contribution in [3.63, 3.8) is 0 Å². The van der Waals surface area contributed by atoms with Crippen LogP contribution in [0, 0.1) is 11.8 Å². The van der Waals surface area contributed by atoms with Crippen LogP contribution in [0.2, 0.25) is 0 Å². The third kappa shape index (κ3) is 7.97. The summed E-state index contributed by atoms with van der Waals surface area (Å²) in [5.41, 5.74) is 0. The first-order valence-electron chi connectivity index (χ1n) is 5.96. The molecule has 0 radical (unpaired) electrons. The second-order valence-corrected chi connectivity index (χ2v) is 4.96. The third-order valence-corrected chi connectivity index (χ3v) is 2.65. The lowest BCUT2D eigenvalue weighted by molar-refractivity contribution is -0.146. The van der Waals surface area contributed by atoms with Gasteiger partial charge in [0.2, 0.25) is 5.92 Å². The maximum Gasteiger partial charge on any atom is 0.306 e. The van der Waals surface area contributed by atoms with Gasteiger partial charge in [0.05, 0.1) is 5.92 Å². The first-order valence-corrected chi connectivity index (χ1v) is 5.96. The Morgan fingerprint density at radius 2 is 1.67 bits per heavy atom. The zero-order valence-corrected chi connectivity index (χ0v) is 10.7. The number of carbonyl (C=O) groups is 2. The summed E-state index contributed by atoms with van der Waals surface area (Å²) in [5, 5.41) is 16.5. The number of hydrogen-bond acceptors (Lipinski definition) is 2. The Balaban J connectivity index is 0.000000360. The van der Waals surface area contributed by atoms with E-state index in [0.717, 1.165) is 0 Å². The highest BCUT2D eigenvalue weighted by atomic mass is 19.3. The summed E-state index contributed by atoms with van der Waals surface area (Å²) in [6.07, 6.45) is -0.0431. The van der Waals surface area contributed by atoms with Gasteiger partial charge < -0.3 is 10.2 Å². The smallest absolute Gasteiger partial charge is 0.306 e. The van der Waals surface area contributed by atoms with Gasteiger partial charge in [-0.2, -0.15) is 0 Å². The lowest BCUT2D eigenvalue weighted by Crippen LogP contribution is -2.28. The SMILES string of the molecule is CC(C)CC(=O)O.O=C(O)C1CCC(F)(F)CC1. The van der Waals surface area contributed by atoms with Crippen molar-refractivity contribution in [2.45, 2.75) is 51.9 Å². The van der Waals surface area contributed by atoms with E-state index in [1.807, 2.05) is 13.8 Å². The molecule has 1 aliphatic carbocycles. The van der Waals surface area contributed by atoms with Crippen LogP contribution < -0.4 is 0 Å². The normalized spacial score (nSPS) is 18.9. The number of carboxylic acid groups (broad SMARTS) is 2. The highest BCUT2D eigenvalue weighted by molar-refractivity contribution is 5.70. The third-order valence-electron chi connectivity index (χ3n) is 2.65. The predicted octanol–water partition coefficient (Wildman–Crippen LogP) is 3.01. The topological polar surface area (TPSA) is 74.6 Å². The summed E-state index contributed by atoms with van der Waals surface area (Å²) >= 11 is 0. The molecule has 2 N–H and O–H groups in total. The monoisotopic (exact) mass is 266 g/mol. The molecule has 1 rings (SSSR count). The van der Waals surface area contributed by atoms with Crippen molar-refractivity contribution in [2.24, 2.45) is 11.8 Å². The van der Waals surface area contributed by atoms with Crippen molar-refractivity contribution in [1.82, 2.24) is 0 Å². The Bertz CT molecular complexity index is 280. The van der Waals surface area contributed by atoms with E-state index in [0.29, 0.717) is 0 Å². The molecule has 18 heavy (non-hydrogen) atoms. The molecule has 0 aromatic heterocycles. The summed E-state index contributed by atoms with van der Waals surface area (Å²) in [7, 11) is 0. The quantitative estimate of drug-likeness (QED) is 0.823. The summed E-state index contributed by atoms with van der Waals surface area (Å²) in [6.45, 7) is 3.77. The molecule has 4 nitrogen and oxygen atoms in total. The van der Waals surface area contributed by atoms with E-state index < -0.39 is 23.8 Å². The van der Waals surface area contributed by atoms with Crippen molar-refractivity contribution >= 4 is 11.9 Å². The minimum absolute atomic E-state index is 0.113. The molecular formula is C12H20F2O4. The van der Waals surface area contributed by atoms with E-state index >= 15 is 0 Å². The van der Waals surface area contributed by atoms with E-state index in [1.165, 1.54) is 0 Å². The second-order valence-electron chi connectivity index (χ2n) is 4.96. The largest absolute Gasteiger partial charge is 0.481 e. The second kappa shape index (κ2) is 7.28. The first kappa shape index (κ1) is 16.8. The molecule has 1 saturated carbocycles. The maximum absolute atomic E-state index is 12.4. The van der Waals surface area contributed by atoms with Gasteiger partial charge in [-0.15, -0.1) is 0 Å². The van der Waals surface area contributed by atoms with Crippen LogP contribution in [0.4, 0.5) is 8.78 Å². The number of alkyl halides is 2. The van der Waals surface area contributed by atoms with Gasteiger partial charge in [-0.05, 0) is 18.8 Å². The fourth-order valence-corrected chi connectivity index (χ4v) is 1.64. The summed E-state index contributed by atoms with van der Waals surface area (Å²) in [4.78, 5) is 20.1.